The highest BCUT2D eigenvalue weighted by molar-refractivity contribution is 7.99. The van der Waals surface area contributed by atoms with Crippen LogP contribution >= 0.6 is 11.8 Å². The molecule has 0 aliphatic rings. The minimum absolute atomic E-state index is 0.167. The Hall–Kier alpha value is -1.14. The van der Waals surface area contributed by atoms with Gasteiger partial charge in [-0.25, -0.2) is 14.8 Å². The van der Waals surface area contributed by atoms with Crippen LogP contribution in [-0.4, -0.2) is 40.5 Å². The Morgan fingerprint density at radius 3 is 2.87 bits per heavy atom. The lowest BCUT2D eigenvalue weighted by Gasteiger charge is -2.00. The van der Waals surface area contributed by atoms with E-state index in [1.807, 2.05) is 0 Å². The van der Waals surface area contributed by atoms with Gasteiger partial charge in [0.25, 0.3) is 0 Å². The summed E-state index contributed by atoms with van der Waals surface area (Å²) in [4.78, 5) is 19.0. The number of hydrogen-bond donors (Lipinski definition) is 1. The highest BCUT2D eigenvalue weighted by Crippen LogP contribution is 2.14. The molecule has 1 rings (SSSR count). The lowest BCUT2D eigenvalue weighted by Crippen LogP contribution is -2.04. The first kappa shape index (κ1) is 11.9. The molecule has 0 aliphatic heterocycles. The lowest BCUT2D eigenvalue weighted by atomic mass is 10.5. The Balaban J connectivity index is 2.52. The van der Waals surface area contributed by atoms with E-state index in [1.165, 1.54) is 31.3 Å². The molecule has 15 heavy (non-hydrogen) atoms. The molecule has 0 aromatic carbocycles. The third kappa shape index (κ3) is 3.85. The summed E-state index contributed by atoms with van der Waals surface area (Å²) in [5, 5.41) is 9.32. The molecular formula is C9H12N2O3S. The van der Waals surface area contributed by atoms with Gasteiger partial charge in [0, 0.05) is 12.4 Å². The summed E-state index contributed by atoms with van der Waals surface area (Å²) in [5.41, 5.74) is 0.198. The Morgan fingerprint density at radius 2 is 2.33 bits per heavy atom. The third-order valence-electron chi connectivity index (χ3n) is 1.58. The topological polar surface area (TPSA) is 72.3 Å². The number of aliphatic hydroxyl groups excluding tert-OH is 1. The minimum Gasteiger partial charge on any atom is -0.464 e. The number of esters is 1. The van der Waals surface area contributed by atoms with Crippen LogP contribution in [0.1, 0.15) is 16.9 Å². The SMILES string of the molecule is COC(=O)c1cnc(SCCCO)cn1. The Bertz CT molecular complexity index is 316. The van der Waals surface area contributed by atoms with Crippen molar-refractivity contribution in [2.45, 2.75) is 11.4 Å². The maximum absolute atomic E-state index is 11.0. The van der Waals surface area contributed by atoms with Crippen molar-refractivity contribution in [3.8, 4) is 0 Å². The maximum Gasteiger partial charge on any atom is 0.358 e. The van der Waals surface area contributed by atoms with Crippen molar-refractivity contribution < 1.29 is 14.6 Å². The van der Waals surface area contributed by atoms with Crippen LogP contribution in [0.4, 0.5) is 0 Å². The second-order valence-corrected chi connectivity index (χ2v) is 3.77. The summed E-state index contributed by atoms with van der Waals surface area (Å²) < 4.78 is 4.49. The van der Waals surface area contributed by atoms with E-state index >= 15 is 0 Å². The number of aromatic nitrogens is 2. The van der Waals surface area contributed by atoms with Gasteiger partial charge in [-0.1, -0.05) is 0 Å². The average Bonchev–Trinajstić information content (AvgIpc) is 2.29. The van der Waals surface area contributed by atoms with Crippen molar-refractivity contribution in [3.05, 3.63) is 18.1 Å². The van der Waals surface area contributed by atoms with Gasteiger partial charge in [-0.2, -0.15) is 0 Å². The first-order chi connectivity index (χ1) is 7.27. The fraction of sp³-hybridized carbons (Fsp3) is 0.444. The van der Waals surface area contributed by atoms with E-state index < -0.39 is 5.97 Å². The van der Waals surface area contributed by atoms with E-state index in [2.05, 4.69) is 14.7 Å². The molecule has 0 unspecified atom stereocenters. The zero-order chi connectivity index (χ0) is 11.1. The maximum atomic E-state index is 11.0. The summed E-state index contributed by atoms with van der Waals surface area (Å²) in [7, 11) is 1.30. The Labute approximate surface area is 91.9 Å². The monoisotopic (exact) mass is 228 g/mol. The van der Waals surface area contributed by atoms with E-state index in [0.29, 0.717) is 6.42 Å². The van der Waals surface area contributed by atoms with Gasteiger partial charge in [-0.05, 0) is 6.42 Å². The van der Waals surface area contributed by atoms with Gasteiger partial charge in [0.15, 0.2) is 5.69 Å². The van der Waals surface area contributed by atoms with Crippen LogP contribution in [-0.2, 0) is 4.74 Å². The van der Waals surface area contributed by atoms with Crippen LogP contribution in [0.5, 0.6) is 0 Å². The van der Waals surface area contributed by atoms with Crippen molar-refractivity contribution >= 4 is 17.7 Å². The second-order valence-electron chi connectivity index (χ2n) is 2.66. The number of hydrogen-bond acceptors (Lipinski definition) is 6. The van der Waals surface area contributed by atoms with E-state index in [4.69, 9.17) is 5.11 Å². The van der Waals surface area contributed by atoms with Crippen molar-refractivity contribution in [1.29, 1.82) is 0 Å². The number of carbonyl (C=O) groups excluding carboxylic acids is 1. The van der Waals surface area contributed by atoms with Gasteiger partial charge in [0.1, 0.15) is 5.03 Å². The molecule has 0 bridgehead atoms. The summed E-state index contributed by atoms with van der Waals surface area (Å²) in [5.74, 6) is 0.289. The molecule has 1 N–H and O–H groups in total. The Kier molecular flexibility index (Phi) is 5.06. The van der Waals surface area contributed by atoms with Crippen LogP contribution in [0.3, 0.4) is 0 Å². The highest BCUT2D eigenvalue weighted by Gasteiger charge is 2.07. The minimum atomic E-state index is -0.491. The molecule has 0 fully saturated rings. The van der Waals surface area contributed by atoms with Crippen LogP contribution in [0.15, 0.2) is 17.4 Å². The second kappa shape index (κ2) is 6.36. The molecule has 0 atom stereocenters. The lowest BCUT2D eigenvalue weighted by molar-refractivity contribution is 0.0593. The molecule has 0 amide bonds. The molecule has 0 aliphatic carbocycles. The van der Waals surface area contributed by atoms with Crippen molar-refractivity contribution in [2.24, 2.45) is 0 Å². The molecule has 5 nitrogen and oxygen atoms in total. The van der Waals surface area contributed by atoms with Crippen molar-refractivity contribution in [2.75, 3.05) is 19.5 Å². The van der Waals surface area contributed by atoms with E-state index in [1.54, 1.807) is 0 Å². The molecular weight excluding hydrogens is 216 g/mol. The molecule has 0 spiro atoms. The average molecular weight is 228 g/mol. The zero-order valence-corrected chi connectivity index (χ0v) is 9.16. The van der Waals surface area contributed by atoms with E-state index in [-0.39, 0.29) is 12.3 Å². The fourth-order valence-electron chi connectivity index (χ4n) is 0.842. The highest BCUT2D eigenvalue weighted by atomic mass is 32.2. The van der Waals surface area contributed by atoms with Gasteiger partial charge in [-0.15, -0.1) is 11.8 Å². The van der Waals surface area contributed by atoms with Crippen molar-refractivity contribution in [1.82, 2.24) is 9.97 Å². The number of nitrogens with zero attached hydrogens (tertiary/aromatic N) is 2. The number of aliphatic hydroxyl groups is 1. The largest absolute Gasteiger partial charge is 0.464 e. The summed E-state index contributed by atoms with van der Waals surface area (Å²) in [6, 6.07) is 0. The first-order valence-corrected chi connectivity index (χ1v) is 5.40. The van der Waals surface area contributed by atoms with Gasteiger partial charge in [0.2, 0.25) is 0 Å². The summed E-state index contributed by atoms with van der Waals surface area (Å²) >= 11 is 1.49. The first-order valence-electron chi connectivity index (χ1n) is 4.42. The molecule has 82 valence electrons. The standard InChI is InChI=1S/C9H12N2O3S/c1-14-9(13)7-5-11-8(6-10-7)15-4-2-3-12/h5-6,12H,2-4H2,1H3. The van der Waals surface area contributed by atoms with Gasteiger partial charge >= 0.3 is 5.97 Å². The number of rotatable bonds is 5. The number of methoxy groups -OCH3 is 1. The molecule has 1 heterocycles. The molecule has 0 radical (unpaired) electrons. The van der Waals surface area contributed by atoms with E-state index in [0.717, 1.165) is 10.8 Å². The predicted octanol–water partition coefficient (Wildman–Crippen LogP) is 0.738. The smallest absolute Gasteiger partial charge is 0.358 e. The molecule has 1 aromatic rings. The zero-order valence-electron chi connectivity index (χ0n) is 8.34. The number of thioether (sulfide) groups is 1. The predicted molar refractivity (Wildman–Crippen MR) is 55.8 cm³/mol. The summed E-state index contributed by atoms with van der Waals surface area (Å²) in [6.07, 6.45) is 3.62. The number of ether oxygens (including phenoxy) is 1. The van der Waals surface area contributed by atoms with Crippen LogP contribution < -0.4 is 0 Å². The summed E-state index contributed by atoms with van der Waals surface area (Å²) in [6.45, 7) is 0.167. The quantitative estimate of drug-likeness (QED) is 0.455. The van der Waals surface area contributed by atoms with Crippen LogP contribution in [0, 0.1) is 0 Å². The van der Waals surface area contributed by atoms with Gasteiger partial charge < -0.3 is 9.84 Å². The van der Waals surface area contributed by atoms with Crippen molar-refractivity contribution in [3.63, 3.8) is 0 Å². The molecule has 6 heteroatoms. The molecule has 0 saturated carbocycles. The van der Waals surface area contributed by atoms with Crippen LogP contribution in [0.2, 0.25) is 0 Å². The third-order valence-corrected chi connectivity index (χ3v) is 2.57. The Morgan fingerprint density at radius 1 is 1.53 bits per heavy atom. The van der Waals surface area contributed by atoms with Crippen LogP contribution in [0.25, 0.3) is 0 Å². The molecule has 1 aromatic heterocycles. The van der Waals surface area contributed by atoms with Gasteiger partial charge in [0.05, 0.1) is 19.5 Å². The van der Waals surface area contributed by atoms with Gasteiger partial charge in [-0.3, -0.25) is 0 Å². The molecule has 0 saturated heterocycles. The fourth-order valence-corrected chi connectivity index (χ4v) is 1.58. The number of carbonyl (C=O) groups is 1. The van der Waals surface area contributed by atoms with E-state index in [9.17, 15) is 4.79 Å². The normalized spacial score (nSPS) is 10.0.